The molecule has 0 fully saturated rings. The van der Waals surface area contributed by atoms with Gasteiger partial charge in [0.1, 0.15) is 0 Å². The van der Waals surface area contributed by atoms with E-state index in [2.05, 4.69) is 13.0 Å². The molecule has 0 aliphatic carbocycles. The van der Waals surface area contributed by atoms with Gasteiger partial charge in [-0.25, -0.2) is 8.42 Å². The van der Waals surface area contributed by atoms with Crippen molar-refractivity contribution in [3.8, 4) is 0 Å². The number of rotatable bonds is 2. The molecule has 1 aliphatic heterocycles. The van der Waals surface area contributed by atoms with Gasteiger partial charge in [0.25, 0.3) is 10.0 Å². The van der Waals surface area contributed by atoms with Crippen molar-refractivity contribution in [1.29, 1.82) is 0 Å². The van der Waals surface area contributed by atoms with Crippen LogP contribution in [0.4, 0.5) is 11.4 Å². The molecule has 0 radical (unpaired) electrons. The lowest BCUT2D eigenvalue weighted by atomic mass is 10.00. The van der Waals surface area contributed by atoms with Gasteiger partial charge in [0, 0.05) is 12.2 Å². The number of nitrogens with zero attached hydrogens (tertiary/aromatic N) is 1. The Morgan fingerprint density at radius 1 is 1.09 bits per heavy atom. The molecule has 0 amide bonds. The fourth-order valence-corrected chi connectivity index (χ4v) is 4.83. The highest BCUT2D eigenvalue weighted by atomic mass is 32.2. The number of hydrogen-bond acceptors (Lipinski definition) is 3. The molecule has 23 heavy (non-hydrogen) atoms. The van der Waals surface area contributed by atoms with E-state index in [-0.39, 0.29) is 4.90 Å². The molecule has 0 atom stereocenters. The SMILES string of the molecule is Cc1cc(C)c2c(c1)N(S(=O)(=O)c1cccc(N)c1)CCCC2. The van der Waals surface area contributed by atoms with Crippen LogP contribution in [0.15, 0.2) is 41.3 Å². The van der Waals surface area contributed by atoms with Gasteiger partial charge in [0.2, 0.25) is 0 Å². The average Bonchev–Trinajstić information content (AvgIpc) is 2.70. The second-order valence-corrected chi connectivity index (χ2v) is 8.05. The van der Waals surface area contributed by atoms with E-state index in [4.69, 9.17) is 5.73 Å². The molecule has 2 aromatic carbocycles. The summed E-state index contributed by atoms with van der Waals surface area (Å²) in [7, 11) is -3.60. The number of sulfonamides is 1. The highest BCUT2D eigenvalue weighted by Crippen LogP contribution is 2.34. The summed E-state index contributed by atoms with van der Waals surface area (Å²) in [5.74, 6) is 0. The van der Waals surface area contributed by atoms with E-state index in [1.165, 1.54) is 6.07 Å². The van der Waals surface area contributed by atoms with Crippen LogP contribution in [0.3, 0.4) is 0 Å². The molecule has 2 N–H and O–H groups in total. The van der Waals surface area contributed by atoms with E-state index in [1.807, 2.05) is 13.0 Å². The first-order valence-electron chi connectivity index (χ1n) is 7.88. The molecular weight excluding hydrogens is 308 g/mol. The maximum absolute atomic E-state index is 13.1. The van der Waals surface area contributed by atoms with Gasteiger partial charge in [0.05, 0.1) is 10.6 Å². The lowest BCUT2D eigenvalue weighted by Gasteiger charge is -2.26. The number of benzene rings is 2. The maximum atomic E-state index is 13.1. The van der Waals surface area contributed by atoms with Gasteiger partial charge in [-0.1, -0.05) is 12.1 Å². The number of nitrogen functional groups attached to an aromatic ring is 1. The van der Waals surface area contributed by atoms with Crippen molar-refractivity contribution < 1.29 is 8.42 Å². The Kier molecular flexibility index (Phi) is 4.06. The number of fused-ring (bicyclic) bond motifs is 1. The molecule has 1 heterocycles. The normalized spacial score (nSPS) is 15.1. The van der Waals surface area contributed by atoms with Gasteiger partial charge < -0.3 is 5.73 Å². The quantitative estimate of drug-likeness (QED) is 0.858. The summed E-state index contributed by atoms with van der Waals surface area (Å²) in [6, 6.07) is 10.6. The topological polar surface area (TPSA) is 63.4 Å². The number of anilines is 2. The fourth-order valence-electron chi connectivity index (χ4n) is 3.25. The Morgan fingerprint density at radius 3 is 2.61 bits per heavy atom. The Hall–Kier alpha value is -2.01. The van der Waals surface area contributed by atoms with Crippen molar-refractivity contribution in [2.75, 3.05) is 16.6 Å². The molecule has 0 saturated heterocycles. The molecule has 1 aliphatic rings. The molecule has 4 nitrogen and oxygen atoms in total. The monoisotopic (exact) mass is 330 g/mol. The lowest BCUT2D eigenvalue weighted by Crippen LogP contribution is -2.32. The predicted octanol–water partition coefficient (Wildman–Crippen LogP) is 3.42. The third-order valence-electron chi connectivity index (χ3n) is 4.35. The maximum Gasteiger partial charge on any atom is 0.264 e. The Morgan fingerprint density at radius 2 is 1.87 bits per heavy atom. The van der Waals surface area contributed by atoms with Crippen LogP contribution in [0.2, 0.25) is 0 Å². The van der Waals surface area contributed by atoms with Gasteiger partial charge >= 0.3 is 0 Å². The predicted molar refractivity (Wildman–Crippen MR) is 94.2 cm³/mol. The van der Waals surface area contributed by atoms with Crippen molar-refractivity contribution >= 4 is 21.4 Å². The van der Waals surface area contributed by atoms with Crippen LogP contribution < -0.4 is 10.0 Å². The number of aryl methyl sites for hydroxylation is 2. The van der Waals surface area contributed by atoms with E-state index in [1.54, 1.807) is 22.5 Å². The molecule has 0 aromatic heterocycles. The standard InChI is InChI=1S/C18H22N2O2S/c1-13-10-14(2)17-8-3-4-9-20(18(17)11-13)23(21,22)16-7-5-6-15(19)12-16/h5-7,10-12H,3-4,8-9,19H2,1-2H3. The van der Waals surface area contributed by atoms with E-state index < -0.39 is 10.0 Å². The number of hydrogen-bond donors (Lipinski definition) is 1. The minimum atomic E-state index is -3.60. The zero-order chi connectivity index (χ0) is 16.6. The summed E-state index contributed by atoms with van der Waals surface area (Å²) in [6.07, 6.45) is 2.78. The van der Waals surface area contributed by atoms with Crippen molar-refractivity contribution in [1.82, 2.24) is 0 Å². The van der Waals surface area contributed by atoms with Gasteiger partial charge in [-0.05, 0) is 74.1 Å². The van der Waals surface area contributed by atoms with Gasteiger partial charge in [-0.2, -0.15) is 0 Å². The average molecular weight is 330 g/mol. The zero-order valence-electron chi connectivity index (χ0n) is 13.5. The summed E-state index contributed by atoms with van der Waals surface area (Å²) in [4.78, 5) is 0.254. The van der Waals surface area contributed by atoms with Crippen LogP contribution in [-0.2, 0) is 16.4 Å². The van der Waals surface area contributed by atoms with Crippen LogP contribution >= 0.6 is 0 Å². The molecule has 5 heteroatoms. The summed E-state index contributed by atoms with van der Waals surface area (Å²) >= 11 is 0. The first-order chi connectivity index (χ1) is 10.9. The fraction of sp³-hybridized carbons (Fsp3) is 0.333. The van der Waals surface area contributed by atoms with Gasteiger partial charge in [0.15, 0.2) is 0 Å². The van der Waals surface area contributed by atoms with Crippen molar-refractivity contribution in [3.05, 3.63) is 53.1 Å². The highest BCUT2D eigenvalue weighted by molar-refractivity contribution is 7.92. The minimum absolute atomic E-state index is 0.254. The molecule has 2 aromatic rings. The largest absolute Gasteiger partial charge is 0.399 e. The smallest absolute Gasteiger partial charge is 0.264 e. The Bertz CT molecular complexity index is 844. The van der Waals surface area contributed by atoms with Crippen molar-refractivity contribution in [2.45, 2.75) is 38.0 Å². The van der Waals surface area contributed by atoms with Crippen LogP contribution in [0.5, 0.6) is 0 Å². The van der Waals surface area contributed by atoms with Crippen LogP contribution in [0.1, 0.15) is 29.5 Å². The second kappa shape index (κ2) is 5.89. The first-order valence-corrected chi connectivity index (χ1v) is 9.32. The van der Waals surface area contributed by atoms with Crippen molar-refractivity contribution in [3.63, 3.8) is 0 Å². The molecule has 0 unspecified atom stereocenters. The molecule has 0 bridgehead atoms. The summed E-state index contributed by atoms with van der Waals surface area (Å²) in [5, 5.41) is 0. The van der Waals surface area contributed by atoms with E-state index >= 15 is 0 Å². The van der Waals surface area contributed by atoms with E-state index in [9.17, 15) is 8.42 Å². The van der Waals surface area contributed by atoms with Crippen molar-refractivity contribution in [2.24, 2.45) is 0 Å². The second-order valence-electron chi connectivity index (χ2n) is 6.19. The van der Waals surface area contributed by atoms with Crippen LogP contribution in [0, 0.1) is 13.8 Å². The van der Waals surface area contributed by atoms with E-state index in [0.717, 1.165) is 41.6 Å². The molecule has 0 saturated carbocycles. The lowest BCUT2D eigenvalue weighted by molar-refractivity contribution is 0.589. The Balaban J connectivity index is 2.17. The third kappa shape index (κ3) is 2.93. The third-order valence-corrected chi connectivity index (χ3v) is 6.16. The minimum Gasteiger partial charge on any atom is -0.399 e. The molecule has 3 rings (SSSR count). The van der Waals surface area contributed by atoms with Crippen LogP contribution in [0.25, 0.3) is 0 Å². The van der Waals surface area contributed by atoms with Crippen LogP contribution in [-0.4, -0.2) is 15.0 Å². The molecule has 122 valence electrons. The molecular formula is C18H22N2O2S. The summed E-state index contributed by atoms with van der Waals surface area (Å²) < 4.78 is 27.9. The molecule has 0 spiro atoms. The summed E-state index contributed by atoms with van der Waals surface area (Å²) in [6.45, 7) is 4.57. The highest BCUT2D eigenvalue weighted by Gasteiger charge is 2.28. The zero-order valence-corrected chi connectivity index (χ0v) is 14.4. The van der Waals surface area contributed by atoms with Gasteiger partial charge in [-0.3, -0.25) is 4.31 Å². The summed E-state index contributed by atoms with van der Waals surface area (Å²) in [5.41, 5.74) is 10.4. The number of nitrogens with two attached hydrogens (primary N) is 1. The van der Waals surface area contributed by atoms with Gasteiger partial charge in [-0.15, -0.1) is 0 Å². The Labute approximate surface area is 138 Å². The van der Waals surface area contributed by atoms with E-state index in [0.29, 0.717) is 12.2 Å². The first kappa shape index (κ1) is 15.9.